The van der Waals surface area contributed by atoms with Crippen molar-refractivity contribution in [2.24, 2.45) is 0 Å². The van der Waals surface area contributed by atoms with Crippen LogP contribution in [0.4, 0.5) is 0 Å². The Morgan fingerprint density at radius 2 is 0.623 bits per heavy atom. The highest BCUT2D eigenvalue weighted by Crippen LogP contribution is 2.55. The van der Waals surface area contributed by atoms with Crippen LogP contribution in [0.1, 0.15) is 77.2 Å². The largest absolute Gasteiger partial charge is 0.508 e. The maximum absolute atomic E-state index is 11.1. The quantitative estimate of drug-likeness (QED) is 0.0195. The van der Waals surface area contributed by atoms with Gasteiger partial charge in [-0.2, -0.15) is 0 Å². The molecule has 1 heterocycles. The Balaban J connectivity index is 0.000000157. The van der Waals surface area contributed by atoms with Crippen molar-refractivity contribution in [3.05, 3.63) is 283 Å². The summed E-state index contributed by atoms with van der Waals surface area (Å²) in [5, 5.41) is 104. The fourth-order valence-electron chi connectivity index (χ4n) is 15.3. The van der Waals surface area contributed by atoms with Gasteiger partial charge in [-0.1, -0.05) is 164 Å². The molecule has 13 aromatic carbocycles. The van der Waals surface area contributed by atoms with E-state index in [0.29, 0.717) is 117 Å². The summed E-state index contributed by atoms with van der Waals surface area (Å²) in [6, 6.07) is 71.5. The van der Waals surface area contributed by atoms with Crippen LogP contribution in [0.5, 0.6) is 121 Å². The number of rotatable bonds is 29. The Morgan fingerprint density at radius 3 is 0.977 bits per heavy atom. The van der Waals surface area contributed by atoms with Crippen molar-refractivity contribution in [1.29, 1.82) is 0 Å². The minimum Gasteiger partial charge on any atom is -0.508 e. The molecule has 2 fully saturated rings. The van der Waals surface area contributed by atoms with Gasteiger partial charge in [-0.05, 0) is 246 Å². The van der Waals surface area contributed by atoms with E-state index in [9.17, 15) is 51.1 Å². The molecular weight excluding hydrogens is 1650 g/mol. The van der Waals surface area contributed by atoms with Crippen molar-refractivity contribution in [2.75, 3.05) is 82.8 Å². The predicted molar refractivity (Wildman–Crippen MR) is 507 cm³/mol. The molecule has 0 atom stereocenters. The lowest BCUT2D eigenvalue weighted by Crippen LogP contribution is -2.08. The van der Waals surface area contributed by atoms with Crippen LogP contribution in [0.2, 0.25) is 0 Å². The van der Waals surface area contributed by atoms with Gasteiger partial charge >= 0.3 is 0 Å². The molecule has 1 saturated heterocycles. The van der Waals surface area contributed by atoms with Gasteiger partial charge in [0.05, 0.1) is 79.7 Å². The number of hydrogen-bond donors (Lipinski definition) is 10. The Bertz CT molecular complexity index is 5830. The number of allylic oxidation sites excluding steroid dienone is 2. The molecule has 0 spiro atoms. The summed E-state index contributed by atoms with van der Waals surface area (Å²) in [7, 11) is 10.6. The van der Waals surface area contributed by atoms with E-state index in [2.05, 4.69) is 44.2 Å². The first-order chi connectivity index (χ1) is 63.2. The molecule has 0 unspecified atom stereocenters. The highest BCUT2D eigenvalue weighted by atomic mass is 16.5. The van der Waals surface area contributed by atoms with Crippen LogP contribution in [0.25, 0.3) is 89.0 Å². The summed E-state index contributed by atoms with van der Waals surface area (Å²) >= 11 is 0. The summed E-state index contributed by atoms with van der Waals surface area (Å²) in [4.78, 5) is 0. The van der Waals surface area contributed by atoms with Gasteiger partial charge in [0.2, 0.25) is 0 Å². The molecule has 2 aliphatic rings. The smallest absolute Gasteiger partial charge is 0.170 e. The SMILES string of the molecule is CCC(=CCOc1ccc(-c2c(OC)cc(-c3ccc(O)cc3)c(OC)c2O)cc1O)CC.COc1cc(-c2ccc(O)cc2)c(OC)c(O)c1-c1ccc(OCC=C2CCCCC2)c(O)c1.COc1cc(-c2ccc(O)cc2)c(OC)c(O)c1-c1ccc(OCC=C2CCOCC2)c(O)c1.COc1ccc(-c2ccc(-c3ccc(OCc4ccccc4)c(O)c3)cc2)cc1. The van der Waals surface area contributed by atoms with Crippen molar-refractivity contribution in [1.82, 2.24) is 0 Å². The summed E-state index contributed by atoms with van der Waals surface area (Å²) in [6.45, 7) is 7.21. The topological polar surface area (TPSA) is 313 Å². The lowest BCUT2D eigenvalue weighted by atomic mass is 9.95. The van der Waals surface area contributed by atoms with Gasteiger partial charge in [-0.3, -0.25) is 0 Å². The highest BCUT2D eigenvalue weighted by molar-refractivity contribution is 5.91. The van der Waals surface area contributed by atoms with Crippen molar-refractivity contribution >= 4 is 0 Å². The van der Waals surface area contributed by atoms with E-state index < -0.39 is 0 Å². The first-order valence-corrected chi connectivity index (χ1v) is 42.8. The van der Waals surface area contributed by atoms with Crippen molar-refractivity contribution in [2.45, 2.75) is 78.2 Å². The predicted octanol–water partition coefficient (Wildman–Crippen LogP) is 24.3. The van der Waals surface area contributed by atoms with Gasteiger partial charge < -0.3 is 108 Å². The Kier molecular flexibility index (Phi) is 33.1. The van der Waals surface area contributed by atoms with Crippen molar-refractivity contribution in [3.63, 3.8) is 0 Å². The lowest BCUT2D eigenvalue weighted by molar-refractivity contribution is 0.118. The third-order valence-electron chi connectivity index (χ3n) is 22.4. The van der Waals surface area contributed by atoms with Crippen LogP contribution >= 0.6 is 0 Å². The molecule has 0 bridgehead atoms. The Morgan fingerprint density at radius 1 is 0.300 bits per heavy atom. The summed E-state index contributed by atoms with van der Waals surface area (Å²) < 4.78 is 66.8. The Hall–Kier alpha value is -15.2. The number of phenols is 10. The molecule has 1 aliphatic heterocycles. The second-order valence-electron chi connectivity index (χ2n) is 30.5. The molecular formula is C108H110O22. The van der Waals surface area contributed by atoms with Gasteiger partial charge in [0.25, 0.3) is 0 Å². The van der Waals surface area contributed by atoms with Crippen molar-refractivity contribution < 1.29 is 108 Å². The van der Waals surface area contributed by atoms with E-state index in [-0.39, 0.29) is 74.7 Å². The monoisotopic (exact) mass is 1760 g/mol. The minimum absolute atomic E-state index is 0.0254. The van der Waals surface area contributed by atoms with Gasteiger partial charge in [0.15, 0.2) is 80.5 Å². The first-order valence-electron chi connectivity index (χ1n) is 42.8. The molecule has 0 aromatic heterocycles. The normalized spacial score (nSPS) is 12.0. The van der Waals surface area contributed by atoms with Crippen LogP contribution in [0, 0.1) is 0 Å². The standard InChI is InChI=1S/C28H30O6.C27H28O7.C27H30O6.C26H22O3/c1-32-25-17-22(19-8-11-21(29)12-9-19)28(33-2)27(31)26(25)20-10-13-24(23(30)16-20)34-15-14-18-6-4-3-5-7-18;1-31-24-16-21(18-3-6-20(28)7-4-18)27(32-2)26(30)25(24)19-5-8-23(22(29)15-19)34-14-11-17-9-12-33-13-10-17;1-5-17(6-2)13-14-33-23-12-9-19(15-22(23)29)25-24(31-3)16-21(27(32-4)26(25)30)18-7-10-20(28)11-8-18;1-28-24-14-11-21(12-15-24)20-7-9-22(10-8-20)23-13-16-26(25(27)17-23)29-18-19-5-3-2-4-6-19/h8-14,16-17,29-31H,3-7,15H2,1-2H3;3-8,11,15-16,28-30H,9-10,12-14H2,1-2H3;7-13,15-16,28-30H,5-6,14H2,1-4H3;2-17,27H,18H2,1H3. The van der Waals surface area contributed by atoms with Crippen molar-refractivity contribution in [3.8, 4) is 210 Å². The maximum atomic E-state index is 11.1. The van der Waals surface area contributed by atoms with Crippen LogP contribution in [-0.4, -0.2) is 134 Å². The van der Waals surface area contributed by atoms with E-state index >= 15 is 0 Å². The molecule has 1 aliphatic carbocycles. The third-order valence-corrected chi connectivity index (χ3v) is 22.4. The van der Waals surface area contributed by atoms with E-state index in [1.165, 1.54) is 90.8 Å². The number of methoxy groups -OCH3 is 7. The van der Waals surface area contributed by atoms with Crippen LogP contribution in [0.15, 0.2) is 278 Å². The van der Waals surface area contributed by atoms with Gasteiger partial charge in [0, 0.05) is 16.7 Å². The summed E-state index contributed by atoms with van der Waals surface area (Å²) in [6.07, 6.45) is 15.9. The zero-order valence-corrected chi connectivity index (χ0v) is 74.3. The number of phenolic OH excluding ortho intramolecular Hbond substituents is 10. The molecule has 22 heteroatoms. The van der Waals surface area contributed by atoms with Crippen LogP contribution < -0.4 is 52.1 Å². The molecule has 1 saturated carbocycles. The second kappa shape index (κ2) is 45.8. The number of ether oxygens (including phenoxy) is 12. The van der Waals surface area contributed by atoms with Gasteiger partial charge in [-0.25, -0.2) is 0 Å². The van der Waals surface area contributed by atoms with E-state index in [1.54, 1.807) is 147 Å². The molecule has 13 aromatic rings. The molecule has 10 N–H and O–H groups in total. The molecule has 0 amide bonds. The summed E-state index contributed by atoms with van der Waals surface area (Å²) in [5.74, 6) is 4.48. The highest BCUT2D eigenvalue weighted by Gasteiger charge is 2.27. The Labute approximate surface area is 757 Å². The number of aromatic hydroxyl groups is 10. The van der Waals surface area contributed by atoms with Gasteiger partial charge in [-0.15, -0.1) is 0 Å². The second-order valence-corrected chi connectivity index (χ2v) is 30.5. The third kappa shape index (κ3) is 23.7. The molecule has 130 heavy (non-hydrogen) atoms. The zero-order chi connectivity index (χ0) is 92.2. The average molecular weight is 1760 g/mol. The fourth-order valence-corrected chi connectivity index (χ4v) is 15.3. The zero-order valence-electron chi connectivity index (χ0n) is 74.3. The molecule has 0 radical (unpaired) electrons. The maximum Gasteiger partial charge on any atom is 0.170 e. The van der Waals surface area contributed by atoms with Gasteiger partial charge in [0.1, 0.15) is 66.7 Å². The number of hydrogen-bond acceptors (Lipinski definition) is 22. The van der Waals surface area contributed by atoms with E-state index in [0.717, 1.165) is 102 Å². The first kappa shape index (κ1) is 94.0. The molecule has 674 valence electrons. The summed E-state index contributed by atoms with van der Waals surface area (Å²) in [5.41, 5.74) is 16.1. The number of benzene rings is 13. The van der Waals surface area contributed by atoms with E-state index in [1.807, 2.05) is 78.9 Å². The fraction of sp³-hybridized carbons (Fsp3) is 0.222. The molecule has 22 nitrogen and oxygen atoms in total. The molecule has 15 rings (SSSR count). The van der Waals surface area contributed by atoms with Crippen LogP contribution in [-0.2, 0) is 11.3 Å². The van der Waals surface area contributed by atoms with E-state index in [4.69, 9.17) is 56.8 Å². The minimum atomic E-state index is -0.123. The lowest BCUT2D eigenvalue weighted by Gasteiger charge is -2.18. The van der Waals surface area contributed by atoms with Crippen LogP contribution in [0.3, 0.4) is 0 Å². The average Bonchev–Trinajstić information content (AvgIpc) is 0.775.